The van der Waals surface area contributed by atoms with E-state index in [2.05, 4.69) is 33.0 Å². The fourth-order valence-electron chi connectivity index (χ4n) is 2.94. The lowest BCUT2D eigenvalue weighted by Gasteiger charge is -2.39. The van der Waals surface area contributed by atoms with Gasteiger partial charge in [-0.05, 0) is 63.7 Å². The van der Waals surface area contributed by atoms with E-state index in [1.165, 1.54) is 12.8 Å². The molecule has 20 heavy (non-hydrogen) atoms. The highest BCUT2D eigenvalue weighted by Crippen LogP contribution is 2.39. The Hall–Kier alpha value is -0.730. The molecule has 118 valence electrons. The first-order valence-corrected chi connectivity index (χ1v) is 7.98. The summed E-state index contributed by atoms with van der Waals surface area (Å²) in [5.74, 6) is 1.51. The predicted molar refractivity (Wildman–Crippen MR) is 83.7 cm³/mol. The Bertz CT molecular complexity index is 317. The van der Waals surface area contributed by atoms with Crippen molar-refractivity contribution < 1.29 is 9.53 Å². The van der Waals surface area contributed by atoms with Gasteiger partial charge in [0.25, 0.3) is 0 Å². The quantitative estimate of drug-likeness (QED) is 0.794. The Balaban J connectivity index is 2.38. The Labute approximate surface area is 124 Å². The van der Waals surface area contributed by atoms with Crippen molar-refractivity contribution in [1.82, 2.24) is 5.32 Å². The lowest BCUT2D eigenvalue weighted by molar-refractivity contribution is 0.0471. The number of amides is 1. The summed E-state index contributed by atoms with van der Waals surface area (Å²) in [5, 5.41) is 3.01. The van der Waals surface area contributed by atoms with Crippen LogP contribution in [0.15, 0.2) is 0 Å². The number of carbonyl (C=O) groups is 1. The first kappa shape index (κ1) is 17.3. The van der Waals surface area contributed by atoms with Crippen LogP contribution in [0.4, 0.5) is 4.79 Å². The number of carbonyl (C=O) groups excluding carboxylic acids is 1. The molecule has 1 rings (SSSR count). The highest BCUT2D eigenvalue weighted by molar-refractivity contribution is 5.68. The first-order chi connectivity index (χ1) is 8.99. The summed E-state index contributed by atoms with van der Waals surface area (Å²) in [6.07, 6.45) is 4.29. The molecule has 3 nitrogen and oxygen atoms in total. The van der Waals surface area contributed by atoms with Gasteiger partial charge in [-0.15, -0.1) is 0 Å². The number of hydrogen-bond donors (Lipinski definition) is 1. The van der Waals surface area contributed by atoms with Crippen LogP contribution in [0.5, 0.6) is 0 Å². The second kappa shape index (κ2) is 6.36. The van der Waals surface area contributed by atoms with Crippen LogP contribution in [0.1, 0.15) is 74.1 Å². The average Bonchev–Trinajstić information content (AvgIpc) is 2.25. The zero-order chi connectivity index (χ0) is 15.6. The number of nitrogens with one attached hydrogen (secondary N) is 1. The van der Waals surface area contributed by atoms with Gasteiger partial charge < -0.3 is 10.1 Å². The van der Waals surface area contributed by atoms with Gasteiger partial charge in [0.2, 0.25) is 0 Å². The van der Waals surface area contributed by atoms with Crippen LogP contribution >= 0.6 is 0 Å². The van der Waals surface area contributed by atoms with Crippen LogP contribution in [0, 0.1) is 17.3 Å². The molecule has 0 unspecified atom stereocenters. The zero-order valence-electron chi connectivity index (χ0n) is 14.4. The molecule has 1 N–H and O–H groups in total. The minimum absolute atomic E-state index is 0.273. The molecule has 0 radical (unpaired) electrons. The molecule has 1 fully saturated rings. The topological polar surface area (TPSA) is 38.3 Å². The zero-order valence-corrected chi connectivity index (χ0v) is 14.4. The van der Waals surface area contributed by atoms with E-state index < -0.39 is 5.60 Å². The van der Waals surface area contributed by atoms with E-state index in [0.29, 0.717) is 5.41 Å². The highest BCUT2D eigenvalue weighted by Gasteiger charge is 2.32. The maximum absolute atomic E-state index is 11.8. The summed E-state index contributed by atoms with van der Waals surface area (Å²) in [6.45, 7) is 15.0. The number of hydrogen-bond acceptors (Lipinski definition) is 2. The molecule has 0 bridgehead atoms. The van der Waals surface area contributed by atoms with Crippen molar-refractivity contribution in [2.45, 2.75) is 85.8 Å². The van der Waals surface area contributed by atoms with Gasteiger partial charge in [-0.1, -0.05) is 27.7 Å². The van der Waals surface area contributed by atoms with E-state index in [9.17, 15) is 4.79 Å². The van der Waals surface area contributed by atoms with Crippen LogP contribution in [-0.2, 0) is 4.74 Å². The molecule has 1 saturated carbocycles. The molecule has 0 aromatic rings. The van der Waals surface area contributed by atoms with Crippen LogP contribution in [0.2, 0.25) is 0 Å². The van der Waals surface area contributed by atoms with Gasteiger partial charge in [-0.3, -0.25) is 0 Å². The average molecular weight is 283 g/mol. The number of alkyl carbamates (subject to hydrolysis) is 1. The third-order valence-electron chi connectivity index (χ3n) is 4.57. The minimum Gasteiger partial charge on any atom is -0.444 e. The van der Waals surface area contributed by atoms with Crippen LogP contribution in [0.25, 0.3) is 0 Å². The van der Waals surface area contributed by atoms with Gasteiger partial charge >= 0.3 is 6.09 Å². The van der Waals surface area contributed by atoms with Crippen molar-refractivity contribution >= 4 is 6.09 Å². The summed E-state index contributed by atoms with van der Waals surface area (Å²) < 4.78 is 5.32. The van der Waals surface area contributed by atoms with Crippen LogP contribution < -0.4 is 5.32 Å². The summed E-state index contributed by atoms with van der Waals surface area (Å²) in [7, 11) is 0. The standard InChI is InChI=1S/C17H33NO2/c1-12(16(2,3)4)13-8-10-14(11-9-13)18-15(19)20-17(5,6)7/h12-14H,8-11H2,1-7H3,(H,18,19)/t12-,13-,14-/m1/s1. The van der Waals surface area contributed by atoms with Crippen molar-refractivity contribution in [3.63, 3.8) is 0 Å². The first-order valence-electron chi connectivity index (χ1n) is 7.98. The van der Waals surface area contributed by atoms with E-state index in [1.54, 1.807) is 0 Å². The molecule has 0 heterocycles. The third kappa shape index (κ3) is 5.72. The fraction of sp³-hybridized carbons (Fsp3) is 0.941. The van der Waals surface area contributed by atoms with Crippen LogP contribution in [0.3, 0.4) is 0 Å². The SMILES string of the molecule is C[C@H]([C@H]1CC[C@H](NC(=O)OC(C)(C)C)CC1)C(C)(C)C. The summed E-state index contributed by atoms with van der Waals surface area (Å²) in [4.78, 5) is 11.8. The van der Waals surface area contributed by atoms with E-state index in [1.807, 2.05) is 20.8 Å². The Kier molecular flexibility index (Phi) is 5.51. The Morgan fingerprint density at radius 3 is 1.95 bits per heavy atom. The normalized spacial score (nSPS) is 25.9. The van der Waals surface area contributed by atoms with Crippen molar-refractivity contribution in [1.29, 1.82) is 0 Å². The van der Waals surface area contributed by atoms with Gasteiger partial charge in [0, 0.05) is 6.04 Å². The van der Waals surface area contributed by atoms with E-state index in [0.717, 1.165) is 24.7 Å². The maximum atomic E-state index is 11.8. The monoisotopic (exact) mass is 283 g/mol. The molecule has 1 aliphatic rings. The lowest BCUT2D eigenvalue weighted by atomic mass is 9.69. The van der Waals surface area contributed by atoms with Gasteiger partial charge in [0.1, 0.15) is 5.60 Å². The minimum atomic E-state index is -0.415. The van der Waals surface area contributed by atoms with Gasteiger partial charge in [-0.25, -0.2) is 4.79 Å². The molecule has 3 heteroatoms. The Morgan fingerprint density at radius 1 is 1.05 bits per heavy atom. The molecule has 1 amide bonds. The summed E-state index contributed by atoms with van der Waals surface area (Å²) >= 11 is 0. The molecule has 1 atom stereocenters. The maximum Gasteiger partial charge on any atom is 0.407 e. The van der Waals surface area contributed by atoms with Gasteiger partial charge in [-0.2, -0.15) is 0 Å². The van der Waals surface area contributed by atoms with Gasteiger partial charge in [0.15, 0.2) is 0 Å². The van der Waals surface area contributed by atoms with E-state index in [4.69, 9.17) is 4.74 Å². The van der Waals surface area contributed by atoms with E-state index in [-0.39, 0.29) is 12.1 Å². The third-order valence-corrected chi connectivity index (χ3v) is 4.57. The molecular formula is C17H33NO2. The Morgan fingerprint density at radius 2 is 1.55 bits per heavy atom. The van der Waals surface area contributed by atoms with Crippen molar-refractivity contribution in [3.05, 3.63) is 0 Å². The van der Waals surface area contributed by atoms with E-state index >= 15 is 0 Å². The second-order valence-electron chi connectivity index (χ2n) is 8.41. The second-order valence-corrected chi connectivity index (χ2v) is 8.41. The largest absolute Gasteiger partial charge is 0.444 e. The smallest absolute Gasteiger partial charge is 0.407 e. The molecule has 0 aliphatic heterocycles. The molecule has 0 aromatic carbocycles. The molecule has 0 spiro atoms. The van der Waals surface area contributed by atoms with Crippen molar-refractivity contribution in [2.75, 3.05) is 0 Å². The molecule has 1 aliphatic carbocycles. The number of rotatable bonds is 2. The molecule has 0 aromatic heterocycles. The fourth-order valence-corrected chi connectivity index (χ4v) is 2.94. The van der Waals surface area contributed by atoms with Crippen molar-refractivity contribution in [2.24, 2.45) is 17.3 Å². The van der Waals surface area contributed by atoms with Crippen molar-refractivity contribution in [3.8, 4) is 0 Å². The van der Waals surface area contributed by atoms with Gasteiger partial charge in [0.05, 0.1) is 0 Å². The lowest BCUT2D eigenvalue weighted by Crippen LogP contribution is -2.42. The summed E-state index contributed by atoms with van der Waals surface area (Å²) in [5.41, 5.74) is -0.0435. The number of ether oxygens (including phenoxy) is 1. The highest BCUT2D eigenvalue weighted by atomic mass is 16.6. The molecular weight excluding hydrogens is 250 g/mol. The van der Waals surface area contributed by atoms with Crippen LogP contribution in [-0.4, -0.2) is 17.7 Å². The molecule has 0 saturated heterocycles. The summed E-state index contributed by atoms with van der Waals surface area (Å²) in [6, 6.07) is 0.285. The predicted octanol–water partition coefficient (Wildman–Crippen LogP) is 4.75.